The van der Waals surface area contributed by atoms with Gasteiger partial charge in [0.1, 0.15) is 22.7 Å². The third-order valence-corrected chi connectivity index (χ3v) is 3.89. The highest BCUT2D eigenvalue weighted by atomic mass is 16.5. The van der Waals surface area contributed by atoms with Crippen LogP contribution in [0.1, 0.15) is 49.2 Å². The van der Waals surface area contributed by atoms with Gasteiger partial charge in [-0.2, -0.15) is 0 Å². The van der Waals surface area contributed by atoms with Gasteiger partial charge in [0.15, 0.2) is 6.61 Å². The molecule has 162 valence electrons. The van der Waals surface area contributed by atoms with E-state index in [9.17, 15) is 19.2 Å². The van der Waals surface area contributed by atoms with Gasteiger partial charge in [-0.25, -0.2) is 4.79 Å². The van der Waals surface area contributed by atoms with Gasteiger partial charge in [-0.3, -0.25) is 25.2 Å². The number of benzene rings is 1. The molecular formula is C20H24N2O8. The lowest BCUT2D eigenvalue weighted by Gasteiger charge is -2.09. The van der Waals surface area contributed by atoms with Gasteiger partial charge in [0.25, 0.3) is 5.91 Å². The van der Waals surface area contributed by atoms with Crippen molar-refractivity contribution < 1.29 is 38.2 Å². The van der Waals surface area contributed by atoms with E-state index in [1.165, 1.54) is 0 Å². The number of nitrogens with one attached hydrogen (secondary N) is 2. The first kappa shape index (κ1) is 22.7. The number of hydrogen-bond donors (Lipinski definition) is 3. The van der Waals surface area contributed by atoms with Crippen LogP contribution in [-0.4, -0.2) is 41.6 Å². The van der Waals surface area contributed by atoms with Crippen LogP contribution in [0.15, 0.2) is 22.6 Å². The van der Waals surface area contributed by atoms with Crippen LogP contribution in [0, 0.1) is 6.92 Å². The molecule has 2 amide bonds. The van der Waals surface area contributed by atoms with E-state index in [-0.39, 0.29) is 32.0 Å². The zero-order valence-electron chi connectivity index (χ0n) is 16.9. The standard InChI is InChI=1S/C20H24N2O8/c1-11(2)29-20(27)19-12(3)30-15-8-7-13(9-14(15)19)28-10-17(24)22-21-16(23)5-4-6-18(25)26/h7-9,11H,4-6,10H2,1-3H3,(H,21,23)(H,22,24)(H,25,26). The van der Waals surface area contributed by atoms with Crippen LogP contribution >= 0.6 is 0 Å². The topological polar surface area (TPSA) is 144 Å². The highest BCUT2D eigenvalue weighted by Crippen LogP contribution is 2.29. The lowest BCUT2D eigenvalue weighted by molar-refractivity contribution is -0.137. The molecule has 1 aromatic heterocycles. The third kappa shape index (κ3) is 6.50. The van der Waals surface area contributed by atoms with Crippen molar-refractivity contribution in [3.05, 3.63) is 29.5 Å². The average Bonchev–Trinajstić information content (AvgIpc) is 2.98. The number of hydrogen-bond acceptors (Lipinski definition) is 7. The van der Waals surface area contributed by atoms with Crippen LogP contribution in [0.5, 0.6) is 5.75 Å². The maximum atomic E-state index is 12.3. The van der Waals surface area contributed by atoms with Crippen LogP contribution in [0.25, 0.3) is 11.0 Å². The van der Waals surface area contributed by atoms with E-state index in [1.54, 1.807) is 39.0 Å². The molecule has 0 atom stereocenters. The predicted octanol–water partition coefficient (Wildman–Crippen LogP) is 2.09. The highest BCUT2D eigenvalue weighted by molar-refractivity contribution is 6.05. The molecule has 0 aliphatic heterocycles. The van der Waals surface area contributed by atoms with Gasteiger partial charge in [0.05, 0.1) is 6.10 Å². The first-order valence-corrected chi connectivity index (χ1v) is 9.33. The largest absolute Gasteiger partial charge is 0.484 e. The fourth-order valence-corrected chi connectivity index (χ4v) is 2.60. The van der Waals surface area contributed by atoms with Gasteiger partial charge in [0, 0.05) is 18.2 Å². The van der Waals surface area contributed by atoms with Gasteiger partial charge >= 0.3 is 11.9 Å². The molecule has 0 fully saturated rings. The Morgan fingerprint density at radius 1 is 1.10 bits per heavy atom. The van der Waals surface area contributed by atoms with Crippen molar-refractivity contribution in [2.24, 2.45) is 0 Å². The van der Waals surface area contributed by atoms with E-state index in [2.05, 4.69) is 10.9 Å². The summed E-state index contributed by atoms with van der Waals surface area (Å²) in [5.74, 6) is -1.88. The van der Waals surface area contributed by atoms with Crippen molar-refractivity contribution in [2.45, 2.75) is 46.1 Å². The fourth-order valence-electron chi connectivity index (χ4n) is 2.60. The van der Waals surface area contributed by atoms with Crippen molar-refractivity contribution in [3.63, 3.8) is 0 Å². The minimum absolute atomic E-state index is 0.0286. The summed E-state index contributed by atoms with van der Waals surface area (Å²) >= 11 is 0. The molecule has 0 unspecified atom stereocenters. The normalized spacial score (nSPS) is 10.7. The van der Waals surface area contributed by atoms with E-state index < -0.39 is 23.8 Å². The summed E-state index contributed by atoms with van der Waals surface area (Å²) in [7, 11) is 0. The molecule has 0 aliphatic carbocycles. The summed E-state index contributed by atoms with van der Waals surface area (Å²) in [5, 5.41) is 9.03. The number of fused-ring (bicyclic) bond motifs is 1. The molecule has 2 rings (SSSR count). The van der Waals surface area contributed by atoms with Gasteiger partial charge < -0.3 is 19.0 Å². The SMILES string of the molecule is Cc1oc2ccc(OCC(=O)NNC(=O)CCCC(=O)O)cc2c1C(=O)OC(C)C. The maximum Gasteiger partial charge on any atom is 0.342 e. The van der Waals surface area contributed by atoms with E-state index in [4.69, 9.17) is 19.0 Å². The minimum atomic E-state index is -0.995. The van der Waals surface area contributed by atoms with Gasteiger partial charge in [0.2, 0.25) is 5.91 Å². The summed E-state index contributed by atoms with van der Waals surface area (Å²) in [4.78, 5) is 46.1. The molecule has 1 aromatic carbocycles. The smallest absolute Gasteiger partial charge is 0.342 e. The number of furan rings is 1. The Bertz CT molecular complexity index is 948. The van der Waals surface area contributed by atoms with E-state index in [1.807, 2.05) is 0 Å². The molecule has 2 aromatic rings. The number of carbonyl (C=O) groups is 4. The summed E-state index contributed by atoms with van der Waals surface area (Å²) in [6.45, 7) is 4.76. The van der Waals surface area contributed by atoms with E-state index in [0.717, 1.165) is 0 Å². The lowest BCUT2D eigenvalue weighted by Crippen LogP contribution is -2.43. The predicted molar refractivity (Wildman–Crippen MR) is 105 cm³/mol. The first-order chi connectivity index (χ1) is 14.2. The van der Waals surface area contributed by atoms with Crippen LogP contribution in [0.3, 0.4) is 0 Å². The molecule has 0 bridgehead atoms. The molecular weight excluding hydrogens is 396 g/mol. The first-order valence-electron chi connectivity index (χ1n) is 9.33. The second-order valence-electron chi connectivity index (χ2n) is 6.78. The molecule has 0 saturated carbocycles. The van der Waals surface area contributed by atoms with Crippen LogP contribution < -0.4 is 15.6 Å². The zero-order chi connectivity index (χ0) is 22.3. The van der Waals surface area contributed by atoms with Crippen molar-refractivity contribution in [1.29, 1.82) is 0 Å². The third-order valence-electron chi connectivity index (χ3n) is 3.89. The lowest BCUT2D eigenvalue weighted by atomic mass is 10.1. The van der Waals surface area contributed by atoms with Crippen molar-refractivity contribution in [3.8, 4) is 5.75 Å². The van der Waals surface area contributed by atoms with E-state index >= 15 is 0 Å². The Morgan fingerprint density at radius 3 is 2.47 bits per heavy atom. The highest BCUT2D eigenvalue weighted by Gasteiger charge is 2.21. The van der Waals surface area contributed by atoms with Gasteiger partial charge in [-0.1, -0.05) is 0 Å². The summed E-state index contributed by atoms with van der Waals surface area (Å²) in [6.07, 6.45) is -0.282. The fraction of sp³-hybridized carbons (Fsp3) is 0.400. The molecule has 30 heavy (non-hydrogen) atoms. The molecule has 10 heteroatoms. The Balaban J connectivity index is 1.93. The van der Waals surface area contributed by atoms with Crippen LogP contribution in [0.2, 0.25) is 0 Å². The van der Waals surface area contributed by atoms with Crippen molar-refractivity contribution >= 4 is 34.7 Å². The second kappa shape index (κ2) is 10.3. The van der Waals surface area contributed by atoms with Crippen molar-refractivity contribution in [1.82, 2.24) is 10.9 Å². The summed E-state index contributed by atoms with van der Waals surface area (Å²) in [6, 6.07) is 4.77. The van der Waals surface area contributed by atoms with Crippen molar-refractivity contribution in [2.75, 3.05) is 6.61 Å². The number of hydrazine groups is 1. The van der Waals surface area contributed by atoms with Gasteiger partial charge in [-0.15, -0.1) is 0 Å². The number of carbonyl (C=O) groups excluding carboxylic acids is 3. The Hall–Kier alpha value is -3.56. The number of rotatable bonds is 9. The molecule has 1 heterocycles. The van der Waals surface area contributed by atoms with Crippen LogP contribution in [0.4, 0.5) is 0 Å². The number of aryl methyl sites for hydroxylation is 1. The number of esters is 1. The Morgan fingerprint density at radius 2 is 1.80 bits per heavy atom. The van der Waals surface area contributed by atoms with Crippen LogP contribution in [-0.2, 0) is 19.1 Å². The Labute approximate surface area is 172 Å². The number of amides is 2. The summed E-state index contributed by atoms with van der Waals surface area (Å²) in [5.41, 5.74) is 5.13. The number of ether oxygens (including phenoxy) is 2. The minimum Gasteiger partial charge on any atom is -0.484 e. The quantitative estimate of drug-likeness (QED) is 0.413. The van der Waals surface area contributed by atoms with Gasteiger partial charge in [-0.05, 0) is 45.4 Å². The molecule has 10 nitrogen and oxygen atoms in total. The Kier molecular flexibility index (Phi) is 7.79. The summed E-state index contributed by atoms with van der Waals surface area (Å²) < 4.78 is 16.2. The molecule has 0 spiro atoms. The molecule has 0 radical (unpaired) electrons. The zero-order valence-corrected chi connectivity index (χ0v) is 16.9. The number of aliphatic carboxylic acids is 1. The monoisotopic (exact) mass is 420 g/mol. The molecule has 3 N–H and O–H groups in total. The molecule has 0 saturated heterocycles. The maximum absolute atomic E-state index is 12.3. The second-order valence-corrected chi connectivity index (χ2v) is 6.78. The number of carboxylic acids is 1. The van der Waals surface area contributed by atoms with E-state index in [0.29, 0.717) is 28.0 Å². The average molecular weight is 420 g/mol. The number of carboxylic acid groups (broad SMARTS) is 1. The molecule has 0 aliphatic rings.